The lowest BCUT2D eigenvalue weighted by Gasteiger charge is -2.07. The third-order valence-electron chi connectivity index (χ3n) is 2.01. The van der Waals surface area contributed by atoms with Gasteiger partial charge in [-0.3, -0.25) is 0 Å². The van der Waals surface area contributed by atoms with Crippen LogP contribution in [0.25, 0.3) is 0 Å². The predicted octanol–water partition coefficient (Wildman–Crippen LogP) is -0.182. The summed E-state index contributed by atoms with van der Waals surface area (Å²) in [5.41, 5.74) is 0. The molecular formula is C12H26O6. The molecular weight excluding hydrogens is 240 g/mol. The second-order valence-electron chi connectivity index (χ2n) is 3.60. The minimum absolute atomic E-state index is 0.162. The second kappa shape index (κ2) is 16.8. The van der Waals surface area contributed by atoms with Crippen molar-refractivity contribution < 1.29 is 29.2 Å². The Balaban J connectivity index is 2.86. The average Bonchev–Trinajstić information content (AvgIpc) is 2.39. The summed E-state index contributed by atoms with van der Waals surface area (Å²) in [4.78, 5) is 0. The maximum Gasteiger partial charge on any atom is 0.0701 e. The van der Waals surface area contributed by atoms with Gasteiger partial charge < -0.3 is 29.2 Å². The molecule has 6 heteroatoms. The van der Waals surface area contributed by atoms with Gasteiger partial charge in [0.05, 0.1) is 39.6 Å². The SMILES string of the molecule is OCCCOCCOCCOCCOCCCO. The van der Waals surface area contributed by atoms with Gasteiger partial charge in [-0.15, -0.1) is 0 Å². The van der Waals surface area contributed by atoms with Crippen molar-refractivity contribution in [3.63, 3.8) is 0 Å². The smallest absolute Gasteiger partial charge is 0.0701 e. The van der Waals surface area contributed by atoms with Crippen molar-refractivity contribution in [3.8, 4) is 0 Å². The zero-order chi connectivity index (χ0) is 13.3. The van der Waals surface area contributed by atoms with Crippen LogP contribution >= 0.6 is 0 Å². The topological polar surface area (TPSA) is 77.4 Å². The maximum atomic E-state index is 8.51. The van der Waals surface area contributed by atoms with E-state index in [2.05, 4.69) is 0 Å². The average molecular weight is 266 g/mol. The summed E-state index contributed by atoms with van der Waals surface area (Å²) in [5.74, 6) is 0. The van der Waals surface area contributed by atoms with E-state index in [0.29, 0.717) is 65.7 Å². The van der Waals surface area contributed by atoms with E-state index < -0.39 is 0 Å². The molecule has 0 saturated carbocycles. The van der Waals surface area contributed by atoms with E-state index in [-0.39, 0.29) is 13.2 Å². The van der Waals surface area contributed by atoms with Crippen molar-refractivity contribution >= 4 is 0 Å². The van der Waals surface area contributed by atoms with Crippen molar-refractivity contribution in [1.82, 2.24) is 0 Å². The minimum atomic E-state index is 0.162. The molecule has 0 saturated heterocycles. The zero-order valence-corrected chi connectivity index (χ0v) is 11.0. The van der Waals surface area contributed by atoms with Gasteiger partial charge in [-0.1, -0.05) is 0 Å². The van der Waals surface area contributed by atoms with Crippen LogP contribution in [-0.2, 0) is 18.9 Å². The lowest BCUT2D eigenvalue weighted by Crippen LogP contribution is -2.12. The van der Waals surface area contributed by atoms with Crippen molar-refractivity contribution in [2.45, 2.75) is 12.8 Å². The van der Waals surface area contributed by atoms with Gasteiger partial charge in [0.25, 0.3) is 0 Å². The van der Waals surface area contributed by atoms with Crippen LogP contribution < -0.4 is 0 Å². The summed E-state index contributed by atoms with van der Waals surface area (Å²) in [6.07, 6.45) is 1.33. The van der Waals surface area contributed by atoms with E-state index >= 15 is 0 Å². The highest BCUT2D eigenvalue weighted by Gasteiger charge is 1.92. The van der Waals surface area contributed by atoms with Crippen molar-refractivity contribution in [1.29, 1.82) is 0 Å². The largest absolute Gasteiger partial charge is 0.396 e. The Morgan fingerprint density at radius 3 is 1.00 bits per heavy atom. The standard InChI is InChI=1S/C12H26O6/c13-3-1-5-15-7-9-17-11-12-18-10-8-16-6-2-4-14/h13-14H,1-12H2. The number of hydrogen-bond acceptors (Lipinski definition) is 6. The lowest BCUT2D eigenvalue weighted by atomic mass is 10.5. The predicted molar refractivity (Wildman–Crippen MR) is 66.7 cm³/mol. The normalized spacial score (nSPS) is 11.0. The van der Waals surface area contributed by atoms with Crippen LogP contribution in [0.3, 0.4) is 0 Å². The first-order valence-electron chi connectivity index (χ1n) is 6.44. The van der Waals surface area contributed by atoms with Crippen molar-refractivity contribution in [3.05, 3.63) is 0 Å². The molecule has 0 unspecified atom stereocenters. The van der Waals surface area contributed by atoms with E-state index in [4.69, 9.17) is 29.2 Å². The zero-order valence-electron chi connectivity index (χ0n) is 11.0. The number of aliphatic hydroxyl groups is 2. The molecule has 0 heterocycles. The van der Waals surface area contributed by atoms with E-state index in [1.165, 1.54) is 0 Å². The van der Waals surface area contributed by atoms with Gasteiger partial charge >= 0.3 is 0 Å². The highest BCUT2D eigenvalue weighted by molar-refractivity contribution is 4.36. The fourth-order valence-corrected chi connectivity index (χ4v) is 1.10. The fraction of sp³-hybridized carbons (Fsp3) is 1.00. The molecule has 0 atom stereocenters. The van der Waals surface area contributed by atoms with Crippen LogP contribution in [0, 0.1) is 0 Å². The van der Waals surface area contributed by atoms with Crippen LogP contribution in [0.4, 0.5) is 0 Å². The van der Waals surface area contributed by atoms with Crippen molar-refractivity contribution in [2.75, 3.05) is 66.1 Å². The lowest BCUT2D eigenvalue weighted by molar-refractivity contribution is -0.00400. The highest BCUT2D eigenvalue weighted by Crippen LogP contribution is 1.85. The summed E-state index contributed by atoms with van der Waals surface area (Å²) in [7, 11) is 0. The monoisotopic (exact) mass is 266 g/mol. The molecule has 0 aliphatic heterocycles. The number of hydrogen-bond donors (Lipinski definition) is 2. The summed E-state index contributed by atoms with van der Waals surface area (Å²) in [6.45, 7) is 4.73. The molecule has 0 aromatic carbocycles. The highest BCUT2D eigenvalue weighted by atomic mass is 16.6. The molecule has 0 bridgehead atoms. The fourth-order valence-electron chi connectivity index (χ4n) is 1.10. The molecule has 0 spiro atoms. The number of aliphatic hydroxyl groups excluding tert-OH is 2. The Bertz CT molecular complexity index is 129. The Morgan fingerprint density at radius 1 is 0.444 bits per heavy atom. The number of ether oxygens (including phenoxy) is 4. The first-order valence-corrected chi connectivity index (χ1v) is 6.44. The van der Waals surface area contributed by atoms with Gasteiger partial charge in [-0.2, -0.15) is 0 Å². The van der Waals surface area contributed by atoms with Crippen LogP contribution in [0.2, 0.25) is 0 Å². The van der Waals surface area contributed by atoms with Crippen molar-refractivity contribution in [2.24, 2.45) is 0 Å². The van der Waals surface area contributed by atoms with Gasteiger partial charge in [-0.05, 0) is 12.8 Å². The summed E-state index contributed by atoms with van der Waals surface area (Å²) in [5, 5.41) is 17.0. The quantitative estimate of drug-likeness (QED) is 0.400. The third kappa shape index (κ3) is 15.8. The molecule has 0 radical (unpaired) electrons. The first-order chi connectivity index (χ1) is 8.91. The molecule has 110 valence electrons. The molecule has 0 aliphatic rings. The van der Waals surface area contributed by atoms with Crippen LogP contribution in [-0.4, -0.2) is 76.3 Å². The van der Waals surface area contributed by atoms with Crippen LogP contribution in [0.15, 0.2) is 0 Å². The minimum Gasteiger partial charge on any atom is -0.396 e. The first kappa shape index (κ1) is 17.8. The van der Waals surface area contributed by atoms with Gasteiger partial charge in [0, 0.05) is 26.4 Å². The molecule has 18 heavy (non-hydrogen) atoms. The Labute approximate surface area is 109 Å². The van der Waals surface area contributed by atoms with E-state index in [1.807, 2.05) is 0 Å². The van der Waals surface area contributed by atoms with Gasteiger partial charge in [-0.25, -0.2) is 0 Å². The van der Waals surface area contributed by atoms with E-state index in [0.717, 1.165) is 0 Å². The van der Waals surface area contributed by atoms with Gasteiger partial charge in [0.2, 0.25) is 0 Å². The summed E-state index contributed by atoms with van der Waals surface area (Å²) >= 11 is 0. The molecule has 6 nitrogen and oxygen atoms in total. The third-order valence-corrected chi connectivity index (χ3v) is 2.01. The molecule has 0 aromatic rings. The molecule has 0 rings (SSSR count). The Hall–Kier alpha value is -0.240. The van der Waals surface area contributed by atoms with E-state index in [9.17, 15) is 0 Å². The summed E-state index contributed by atoms with van der Waals surface area (Å²) < 4.78 is 20.9. The second-order valence-corrected chi connectivity index (χ2v) is 3.60. The maximum absolute atomic E-state index is 8.51. The molecule has 0 aromatic heterocycles. The van der Waals surface area contributed by atoms with Crippen LogP contribution in [0.5, 0.6) is 0 Å². The molecule has 0 amide bonds. The molecule has 0 aliphatic carbocycles. The van der Waals surface area contributed by atoms with Gasteiger partial charge in [0.1, 0.15) is 0 Å². The Morgan fingerprint density at radius 2 is 0.722 bits per heavy atom. The molecule has 0 fully saturated rings. The number of rotatable bonds is 15. The summed E-state index contributed by atoms with van der Waals surface area (Å²) in [6, 6.07) is 0. The van der Waals surface area contributed by atoms with E-state index in [1.54, 1.807) is 0 Å². The Kier molecular flexibility index (Phi) is 16.5. The van der Waals surface area contributed by atoms with Gasteiger partial charge in [0.15, 0.2) is 0 Å². The van der Waals surface area contributed by atoms with Crippen LogP contribution in [0.1, 0.15) is 12.8 Å². The molecule has 2 N–H and O–H groups in total.